The third-order valence-corrected chi connectivity index (χ3v) is 6.48. The zero-order valence-electron chi connectivity index (χ0n) is 18.2. The Hall–Kier alpha value is -3.97. The lowest BCUT2D eigenvalue weighted by Gasteiger charge is -2.21. The number of thiazole rings is 1. The number of aromatic nitrogens is 2. The fourth-order valence-corrected chi connectivity index (χ4v) is 4.68. The number of fused-ring (bicyclic) bond motifs is 2. The second-order valence-electron chi connectivity index (χ2n) is 7.48. The number of ether oxygens (including phenoxy) is 2. The molecule has 0 saturated heterocycles. The van der Waals surface area contributed by atoms with Crippen LogP contribution in [0.15, 0.2) is 79.1 Å². The summed E-state index contributed by atoms with van der Waals surface area (Å²) in [5.74, 6) is 1.06. The molecule has 33 heavy (non-hydrogen) atoms. The van der Waals surface area contributed by atoms with Crippen LogP contribution >= 0.6 is 11.3 Å². The topological polar surface area (TPSA) is 64.5 Å². The lowest BCUT2D eigenvalue weighted by molar-refractivity contribution is 0.0982. The van der Waals surface area contributed by atoms with E-state index in [9.17, 15) is 4.79 Å². The van der Waals surface area contributed by atoms with Crippen LogP contribution in [-0.4, -0.2) is 30.1 Å². The Labute approximate surface area is 195 Å². The zero-order chi connectivity index (χ0) is 22.8. The number of pyridine rings is 1. The van der Waals surface area contributed by atoms with E-state index < -0.39 is 0 Å². The van der Waals surface area contributed by atoms with Gasteiger partial charge >= 0.3 is 0 Å². The van der Waals surface area contributed by atoms with Gasteiger partial charge < -0.3 is 9.47 Å². The van der Waals surface area contributed by atoms with Gasteiger partial charge in [0.25, 0.3) is 5.91 Å². The molecule has 0 fully saturated rings. The predicted octanol–water partition coefficient (Wildman–Crippen LogP) is 5.71. The van der Waals surface area contributed by atoms with Crippen molar-refractivity contribution in [3.8, 4) is 11.5 Å². The molecule has 3 aromatic carbocycles. The summed E-state index contributed by atoms with van der Waals surface area (Å²) in [6.07, 6.45) is 3.47. The highest BCUT2D eigenvalue weighted by Gasteiger charge is 2.25. The molecule has 0 aliphatic heterocycles. The minimum absolute atomic E-state index is 0.188. The van der Waals surface area contributed by atoms with Crippen LogP contribution in [-0.2, 0) is 6.54 Å². The molecule has 7 heteroatoms. The molecule has 5 rings (SSSR count). The summed E-state index contributed by atoms with van der Waals surface area (Å²) in [5, 5.41) is 2.58. The van der Waals surface area contributed by atoms with Gasteiger partial charge in [-0.15, -0.1) is 0 Å². The molecule has 0 saturated carbocycles. The highest BCUT2D eigenvalue weighted by atomic mass is 32.1. The summed E-state index contributed by atoms with van der Waals surface area (Å²) in [6, 6.07) is 21.2. The van der Waals surface area contributed by atoms with Crippen molar-refractivity contribution in [1.29, 1.82) is 0 Å². The van der Waals surface area contributed by atoms with E-state index in [0.29, 0.717) is 23.0 Å². The number of nitrogens with zero attached hydrogens (tertiary/aromatic N) is 3. The number of carbonyl (C=O) groups excluding carboxylic acids is 1. The Bertz CT molecular complexity index is 1450. The number of methoxy groups -OCH3 is 2. The van der Waals surface area contributed by atoms with Crippen molar-refractivity contribution in [3.05, 3.63) is 90.3 Å². The SMILES string of the molecule is COc1ccc2sc(N(Cc3cccnc3)C(=O)c3cc4ccccc4cc3OC)nc2c1. The third-order valence-electron chi connectivity index (χ3n) is 5.42. The van der Waals surface area contributed by atoms with Crippen molar-refractivity contribution in [2.24, 2.45) is 0 Å². The average Bonchev–Trinajstić information content (AvgIpc) is 3.29. The van der Waals surface area contributed by atoms with Gasteiger partial charge in [-0.1, -0.05) is 41.7 Å². The predicted molar refractivity (Wildman–Crippen MR) is 131 cm³/mol. The first-order valence-corrected chi connectivity index (χ1v) is 11.2. The maximum absolute atomic E-state index is 13.9. The first kappa shape index (κ1) is 20.9. The van der Waals surface area contributed by atoms with Crippen molar-refractivity contribution in [1.82, 2.24) is 9.97 Å². The van der Waals surface area contributed by atoms with Crippen LogP contribution in [0.3, 0.4) is 0 Å². The monoisotopic (exact) mass is 455 g/mol. The van der Waals surface area contributed by atoms with Crippen molar-refractivity contribution in [2.75, 3.05) is 19.1 Å². The molecule has 0 aliphatic carbocycles. The smallest absolute Gasteiger partial charge is 0.264 e. The molecule has 0 N–H and O–H groups in total. The molecular formula is C26H21N3O3S. The molecule has 1 amide bonds. The number of rotatable bonds is 6. The first-order valence-electron chi connectivity index (χ1n) is 10.4. The van der Waals surface area contributed by atoms with E-state index in [-0.39, 0.29) is 5.91 Å². The molecule has 0 aliphatic rings. The van der Waals surface area contributed by atoms with E-state index in [4.69, 9.17) is 14.5 Å². The zero-order valence-corrected chi connectivity index (χ0v) is 19.0. The van der Waals surface area contributed by atoms with Crippen LogP contribution in [0.2, 0.25) is 0 Å². The van der Waals surface area contributed by atoms with E-state index in [2.05, 4.69) is 4.98 Å². The minimum atomic E-state index is -0.188. The van der Waals surface area contributed by atoms with Crippen molar-refractivity contribution in [2.45, 2.75) is 6.54 Å². The fraction of sp³-hybridized carbons (Fsp3) is 0.115. The van der Waals surface area contributed by atoms with Crippen LogP contribution in [0.5, 0.6) is 11.5 Å². The highest BCUT2D eigenvalue weighted by molar-refractivity contribution is 7.22. The van der Waals surface area contributed by atoms with Crippen LogP contribution in [0.4, 0.5) is 5.13 Å². The second-order valence-corrected chi connectivity index (χ2v) is 8.49. The second kappa shape index (κ2) is 8.88. The molecule has 6 nitrogen and oxygen atoms in total. The largest absolute Gasteiger partial charge is 0.497 e. The Morgan fingerprint density at radius 1 is 0.970 bits per heavy atom. The molecule has 164 valence electrons. The summed E-state index contributed by atoms with van der Waals surface area (Å²) < 4.78 is 11.9. The lowest BCUT2D eigenvalue weighted by Crippen LogP contribution is -2.30. The molecule has 2 heterocycles. The molecule has 0 radical (unpaired) electrons. The third kappa shape index (κ3) is 4.10. The van der Waals surface area contributed by atoms with E-state index in [0.717, 1.165) is 32.3 Å². The van der Waals surface area contributed by atoms with E-state index >= 15 is 0 Å². The normalized spacial score (nSPS) is 11.0. The summed E-state index contributed by atoms with van der Waals surface area (Å²) >= 11 is 1.46. The number of amides is 1. The van der Waals surface area contributed by atoms with Crippen molar-refractivity contribution in [3.63, 3.8) is 0 Å². The Balaban J connectivity index is 1.63. The van der Waals surface area contributed by atoms with E-state index in [1.807, 2.05) is 66.7 Å². The average molecular weight is 456 g/mol. The lowest BCUT2D eigenvalue weighted by atomic mass is 10.0. The molecule has 0 unspecified atom stereocenters. The fourth-order valence-electron chi connectivity index (χ4n) is 3.74. The number of anilines is 1. The van der Waals surface area contributed by atoms with Gasteiger partial charge in [-0.2, -0.15) is 0 Å². The molecular weight excluding hydrogens is 434 g/mol. The van der Waals surface area contributed by atoms with Gasteiger partial charge in [0.2, 0.25) is 0 Å². The molecule has 0 spiro atoms. The van der Waals surface area contributed by atoms with Crippen LogP contribution in [0.1, 0.15) is 15.9 Å². The summed E-state index contributed by atoms with van der Waals surface area (Å²) in [4.78, 5) is 24.6. The Morgan fingerprint density at radius 3 is 2.52 bits per heavy atom. The van der Waals surface area contributed by atoms with E-state index in [1.165, 1.54) is 11.3 Å². The summed E-state index contributed by atoms with van der Waals surface area (Å²) in [5.41, 5.74) is 2.17. The quantitative estimate of drug-likeness (QED) is 0.328. The van der Waals surface area contributed by atoms with Crippen molar-refractivity contribution >= 4 is 43.4 Å². The highest BCUT2D eigenvalue weighted by Crippen LogP contribution is 2.34. The minimum Gasteiger partial charge on any atom is -0.497 e. The summed E-state index contributed by atoms with van der Waals surface area (Å²) in [6.45, 7) is 0.333. The summed E-state index contributed by atoms with van der Waals surface area (Å²) in [7, 11) is 3.20. The van der Waals surface area contributed by atoms with Gasteiger partial charge in [0, 0.05) is 18.5 Å². The first-order chi connectivity index (χ1) is 16.2. The number of carbonyl (C=O) groups is 1. The Morgan fingerprint density at radius 2 is 1.79 bits per heavy atom. The molecule has 5 aromatic rings. The molecule has 0 atom stereocenters. The van der Waals surface area contributed by atoms with Gasteiger partial charge in [0.15, 0.2) is 5.13 Å². The Kier molecular flexibility index (Phi) is 5.62. The van der Waals surface area contributed by atoms with Gasteiger partial charge in [-0.05, 0) is 46.7 Å². The molecule has 0 bridgehead atoms. The maximum Gasteiger partial charge on any atom is 0.264 e. The van der Waals surface area contributed by atoms with Crippen molar-refractivity contribution < 1.29 is 14.3 Å². The standard InChI is InChI=1S/C26H21N3O3S/c1-31-20-9-10-24-22(14-20)28-26(33-24)29(16-17-6-5-11-27-15-17)25(30)21-12-18-7-3-4-8-19(18)13-23(21)32-2/h3-15H,16H2,1-2H3. The van der Waals surface area contributed by atoms with Gasteiger partial charge in [0.1, 0.15) is 11.5 Å². The number of benzene rings is 3. The van der Waals surface area contributed by atoms with Gasteiger partial charge in [-0.25, -0.2) is 4.98 Å². The van der Waals surface area contributed by atoms with Crippen LogP contribution < -0.4 is 14.4 Å². The van der Waals surface area contributed by atoms with Gasteiger partial charge in [0.05, 0.1) is 36.5 Å². The number of hydrogen-bond acceptors (Lipinski definition) is 6. The number of hydrogen-bond donors (Lipinski definition) is 0. The van der Waals surface area contributed by atoms with Crippen LogP contribution in [0.25, 0.3) is 21.0 Å². The molecule has 2 aromatic heterocycles. The van der Waals surface area contributed by atoms with E-state index in [1.54, 1.807) is 31.5 Å². The van der Waals surface area contributed by atoms with Gasteiger partial charge in [-0.3, -0.25) is 14.7 Å². The maximum atomic E-state index is 13.9. The van der Waals surface area contributed by atoms with Crippen LogP contribution in [0, 0.1) is 0 Å².